The highest BCUT2D eigenvalue weighted by Gasteiger charge is 2.18. The molecule has 2 heteroatoms. The van der Waals surface area contributed by atoms with Crippen molar-refractivity contribution in [3.63, 3.8) is 0 Å². The van der Waals surface area contributed by atoms with Gasteiger partial charge in [0.25, 0.3) is 0 Å². The Kier molecular flexibility index (Phi) is 11.5. The number of nitrogens with one attached hydrogen (secondary N) is 1. The van der Waals surface area contributed by atoms with Crippen LogP contribution in [0.25, 0.3) is 0 Å². The molecule has 25 heavy (non-hydrogen) atoms. The van der Waals surface area contributed by atoms with Gasteiger partial charge in [0.2, 0.25) is 0 Å². The topological polar surface area (TPSA) is 15.3 Å². The van der Waals surface area contributed by atoms with Crippen LogP contribution in [0.3, 0.4) is 0 Å². The average molecular weight is 341 g/mol. The maximum atomic E-state index is 3.50. The molecule has 2 aromatic carbocycles. The SMILES string of the molecule is CC.CC.c1ccc(CC2CCN(CNc3ccccc3)CC2)cc1. The fraction of sp³-hybridized carbons (Fsp3) is 0.478. The van der Waals surface area contributed by atoms with Crippen LogP contribution < -0.4 is 5.32 Å². The Balaban J connectivity index is 0.000000730. The van der Waals surface area contributed by atoms with Crippen LogP contribution in [0, 0.1) is 5.92 Å². The van der Waals surface area contributed by atoms with Crippen molar-refractivity contribution in [2.75, 3.05) is 25.1 Å². The van der Waals surface area contributed by atoms with Gasteiger partial charge in [-0.05, 0) is 42.9 Å². The van der Waals surface area contributed by atoms with Crippen molar-refractivity contribution in [1.82, 2.24) is 4.90 Å². The number of benzene rings is 2. The molecule has 0 saturated carbocycles. The molecule has 0 amide bonds. The Morgan fingerprint density at radius 1 is 0.800 bits per heavy atom. The summed E-state index contributed by atoms with van der Waals surface area (Å²) in [6, 6.07) is 21.4. The Bertz CT molecular complexity index is 516. The number of nitrogens with zero attached hydrogens (tertiary/aromatic N) is 1. The van der Waals surface area contributed by atoms with Crippen LogP contribution in [0.15, 0.2) is 60.7 Å². The van der Waals surface area contributed by atoms with E-state index in [4.69, 9.17) is 0 Å². The Morgan fingerprint density at radius 3 is 1.88 bits per heavy atom. The molecular weight excluding hydrogens is 304 g/mol. The molecule has 0 radical (unpaired) electrons. The molecule has 0 spiro atoms. The van der Waals surface area contributed by atoms with E-state index < -0.39 is 0 Å². The summed E-state index contributed by atoms with van der Waals surface area (Å²) in [4.78, 5) is 2.52. The highest BCUT2D eigenvalue weighted by atomic mass is 15.2. The number of piperidine rings is 1. The standard InChI is InChI=1S/C19H24N2.2C2H6/c1-3-7-17(8-4-1)15-18-11-13-21(14-12-18)16-20-19-9-5-2-6-10-19;2*1-2/h1-10,18,20H,11-16H2;2*1-2H3. The van der Waals surface area contributed by atoms with Gasteiger partial charge in [0.05, 0.1) is 6.67 Å². The van der Waals surface area contributed by atoms with Gasteiger partial charge >= 0.3 is 0 Å². The number of hydrogen-bond acceptors (Lipinski definition) is 2. The van der Waals surface area contributed by atoms with Crippen molar-refractivity contribution in [2.45, 2.75) is 47.0 Å². The minimum absolute atomic E-state index is 0.848. The maximum Gasteiger partial charge on any atom is 0.0678 e. The molecule has 1 aliphatic heterocycles. The number of hydrogen-bond donors (Lipinski definition) is 1. The van der Waals surface area contributed by atoms with E-state index in [1.807, 2.05) is 27.7 Å². The van der Waals surface area contributed by atoms with Crippen molar-refractivity contribution in [1.29, 1.82) is 0 Å². The first-order chi connectivity index (χ1) is 12.4. The van der Waals surface area contributed by atoms with Gasteiger partial charge in [0.15, 0.2) is 0 Å². The quantitative estimate of drug-likeness (QED) is 0.711. The molecule has 1 N–H and O–H groups in total. The molecule has 0 aromatic heterocycles. The summed E-state index contributed by atoms with van der Waals surface area (Å²) in [7, 11) is 0. The van der Waals surface area contributed by atoms with Crippen LogP contribution in [-0.4, -0.2) is 24.7 Å². The van der Waals surface area contributed by atoms with Crippen LogP contribution in [-0.2, 0) is 6.42 Å². The Hall–Kier alpha value is -1.80. The van der Waals surface area contributed by atoms with E-state index in [0.29, 0.717) is 0 Å². The zero-order chi connectivity index (χ0) is 18.3. The van der Waals surface area contributed by atoms with Crippen LogP contribution in [0.4, 0.5) is 5.69 Å². The molecule has 1 heterocycles. The van der Waals surface area contributed by atoms with E-state index in [1.165, 1.54) is 43.6 Å². The van der Waals surface area contributed by atoms with Gasteiger partial charge in [-0.3, -0.25) is 4.90 Å². The van der Waals surface area contributed by atoms with Crippen LogP contribution in [0.5, 0.6) is 0 Å². The fourth-order valence-electron chi connectivity index (χ4n) is 3.06. The first-order valence-corrected chi connectivity index (χ1v) is 9.95. The monoisotopic (exact) mass is 340 g/mol. The van der Waals surface area contributed by atoms with Gasteiger partial charge in [-0.2, -0.15) is 0 Å². The third-order valence-corrected chi connectivity index (χ3v) is 4.35. The van der Waals surface area contributed by atoms with E-state index in [2.05, 4.69) is 70.9 Å². The molecule has 0 atom stereocenters. The summed E-state index contributed by atoms with van der Waals surface area (Å²) in [6.07, 6.45) is 3.86. The van der Waals surface area contributed by atoms with E-state index in [-0.39, 0.29) is 0 Å². The number of anilines is 1. The third kappa shape index (κ3) is 8.22. The summed E-state index contributed by atoms with van der Waals surface area (Å²) in [5.74, 6) is 0.848. The van der Waals surface area contributed by atoms with Gasteiger partial charge in [0.1, 0.15) is 0 Å². The lowest BCUT2D eigenvalue weighted by molar-refractivity contribution is 0.195. The molecule has 1 saturated heterocycles. The predicted molar refractivity (Wildman–Crippen MR) is 112 cm³/mol. The normalized spacial score (nSPS) is 14.6. The van der Waals surface area contributed by atoms with Crippen molar-refractivity contribution >= 4 is 5.69 Å². The van der Waals surface area contributed by atoms with Crippen molar-refractivity contribution in [3.8, 4) is 0 Å². The largest absolute Gasteiger partial charge is 0.372 e. The smallest absolute Gasteiger partial charge is 0.0678 e. The molecule has 0 unspecified atom stereocenters. The molecule has 2 nitrogen and oxygen atoms in total. The molecular formula is C23H36N2. The first-order valence-electron chi connectivity index (χ1n) is 9.95. The van der Waals surface area contributed by atoms with E-state index in [1.54, 1.807) is 0 Å². The second-order valence-electron chi connectivity index (χ2n) is 5.95. The van der Waals surface area contributed by atoms with Gasteiger partial charge in [-0.15, -0.1) is 0 Å². The average Bonchev–Trinajstić information content (AvgIpc) is 2.72. The second-order valence-corrected chi connectivity index (χ2v) is 5.95. The number of likely N-dealkylation sites (tertiary alicyclic amines) is 1. The summed E-state index contributed by atoms with van der Waals surface area (Å²) < 4.78 is 0. The van der Waals surface area contributed by atoms with Crippen molar-refractivity contribution < 1.29 is 0 Å². The molecule has 1 fully saturated rings. The molecule has 0 bridgehead atoms. The van der Waals surface area contributed by atoms with E-state index in [9.17, 15) is 0 Å². The van der Waals surface area contributed by atoms with Gasteiger partial charge in [-0.25, -0.2) is 0 Å². The summed E-state index contributed by atoms with van der Waals surface area (Å²) in [6.45, 7) is 11.4. The lowest BCUT2D eigenvalue weighted by Crippen LogP contribution is -2.37. The molecule has 138 valence electrons. The minimum atomic E-state index is 0.848. The lowest BCUT2D eigenvalue weighted by atomic mass is 9.90. The molecule has 3 rings (SSSR count). The fourth-order valence-corrected chi connectivity index (χ4v) is 3.06. The Morgan fingerprint density at radius 2 is 1.32 bits per heavy atom. The second kappa shape index (κ2) is 13.5. The van der Waals surface area contributed by atoms with Crippen molar-refractivity contribution in [3.05, 3.63) is 66.2 Å². The van der Waals surface area contributed by atoms with Crippen LogP contribution in [0.1, 0.15) is 46.1 Å². The van der Waals surface area contributed by atoms with Crippen molar-refractivity contribution in [2.24, 2.45) is 5.92 Å². The summed E-state index contributed by atoms with van der Waals surface area (Å²) >= 11 is 0. The predicted octanol–water partition coefficient (Wildman–Crippen LogP) is 6.06. The van der Waals surface area contributed by atoms with E-state index in [0.717, 1.165) is 12.6 Å². The number of rotatable bonds is 5. The van der Waals surface area contributed by atoms with Crippen LogP contribution >= 0.6 is 0 Å². The zero-order valence-electron chi connectivity index (χ0n) is 16.5. The molecule has 0 aliphatic carbocycles. The van der Waals surface area contributed by atoms with Gasteiger partial charge in [-0.1, -0.05) is 76.2 Å². The van der Waals surface area contributed by atoms with Crippen LogP contribution in [0.2, 0.25) is 0 Å². The van der Waals surface area contributed by atoms with Gasteiger partial charge in [0, 0.05) is 18.8 Å². The molecule has 1 aliphatic rings. The zero-order valence-corrected chi connectivity index (χ0v) is 16.5. The molecule has 2 aromatic rings. The number of para-hydroxylation sites is 1. The Labute approximate surface area is 155 Å². The minimum Gasteiger partial charge on any atom is -0.372 e. The highest BCUT2D eigenvalue weighted by molar-refractivity contribution is 5.42. The third-order valence-electron chi connectivity index (χ3n) is 4.35. The van der Waals surface area contributed by atoms with E-state index >= 15 is 0 Å². The maximum absolute atomic E-state index is 3.50. The summed E-state index contributed by atoms with van der Waals surface area (Å²) in [5, 5.41) is 3.50. The first kappa shape index (κ1) is 21.2. The lowest BCUT2D eigenvalue weighted by Gasteiger charge is -2.32. The van der Waals surface area contributed by atoms with Gasteiger partial charge < -0.3 is 5.32 Å². The summed E-state index contributed by atoms with van der Waals surface area (Å²) in [5.41, 5.74) is 2.70. The highest BCUT2D eigenvalue weighted by Crippen LogP contribution is 2.21.